The van der Waals surface area contributed by atoms with E-state index in [0.29, 0.717) is 5.69 Å². The van der Waals surface area contributed by atoms with Crippen molar-refractivity contribution in [2.45, 2.75) is 33.7 Å². The van der Waals surface area contributed by atoms with E-state index in [4.69, 9.17) is 5.73 Å². The number of aromatic nitrogens is 4. The summed E-state index contributed by atoms with van der Waals surface area (Å²) in [7, 11) is 0. The van der Waals surface area contributed by atoms with E-state index in [9.17, 15) is 0 Å². The van der Waals surface area contributed by atoms with Gasteiger partial charge in [0, 0.05) is 17.8 Å². The first-order valence-electron chi connectivity index (χ1n) is 6.08. The van der Waals surface area contributed by atoms with Gasteiger partial charge in [0.1, 0.15) is 0 Å². The Labute approximate surface area is 107 Å². The molecule has 2 N–H and O–H groups in total. The van der Waals surface area contributed by atoms with E-state index in [-0.39, 0.29) is 5.41 Å². The van der Waals surface area contributed by atoms with Crippen LogP contribution in [0.3, 0.4) is 0 Å². The van der Waals surface area contributed by atoms with E-state index in [1.54, 1.807) is 0 Å². The maximum absolute atomic E-state index is 5.95. The van der Waals surface area contributed by atoms with E-state index in [1.165, 1.54) is 0 Å². The van der Waals surface area contributed by atoms with Gasteiger partial charge in [-0.3, -0.25) is 0 Å². The number of hydrogen-bond acceptors (Lipinski definition) is 4. The van der Waals surface area contributed by atoms with Crippen molar-refractivity contribution < 1.29 is 0 Å². The molecule has 1 heterocycles. The number of hydrogen-bond donors (Lipinski definition) is 1. The first kappa shape index (κ1) is 12.5. The lowest BCUT2D eigenvalue weighted by Crippen LogP contribution is -2.12. The molecule has 2 rings (SSSR count). The van der Waals surface area contributed by atoms with Gasteiger partial charge < -0.3 is 5.73 Å². The molecular formula is C13H19N5. The molecule has 0 aliphatic heterocycles. The third kappa shape index (κ3) is 2.85. The van der Waals surface area contributed by atoms with Crippen LogP contribution in [-0.2, 0) is 6.54 Å². The number of nitrogens with two attached hydrogens (primary N) is 1. The topological polar surface area (TPSA) is 69.6 Å². The Bertz CT molecular complexity index is 524. The van der Waals surface area contributed by atoms with Crippen LogP contribution in [0, 0.1) is 5.41 Å². The van der Waals surface area contributed by atoms with Gasteiger partial charge >= 0.3 is 0 Å². The summed E-state index contributed by atoms with van der Waals surface area (Å²) in [5.74, 6) is 0.734. The predicted octanol–water partition coefficient (Wildman–Crippen LogP) is 2.36. The normalized spacial score (nSPS) is 11.7. The molecule has 0 amide bonds. The second-order valence-corrected chi connectivity index (χ2v) is 5.62. The SMILES string of the molecule is CC(C)(C)CCn1nnnc1-c1ccccc1N. The van der Waals surface area contributed by atoms with Crippen molar-refractivity contribution in [1.82, 2.24) is 20.2 Å². The molecule has 5 heteroatoms. The molecule has 1 aromatic heterocycles. The molecule has 0 aliphatic rings. The average molecular weight is 245 g/mol. The Morgan fingerprint density at radius 3 is 2.61 bits per heavy atom. The lowest BCUT2D eigenvalue weighted by molar-refractivity contribution is 0.340. The highest BCUT2D eigenvalue weighted by Gasteiger charge is 2.15. The molecule has 5 nitrogen and oxygen atoms in total. The lowest BCUT2D eigenvalue weighted by Gasteiger charge is -2.17. The van der Waals surface area contributed by atoms with E-state index in [2.05, 4.69) is 36.3 Å². The van der Waals surface area contributed by atoms with Gasteiger partial charge in [-0.1, -0.05) is 32.9 Å². The molecule has 0 saturated heterocycles. The highest BCUT2D eigenvalue weighted by atomic mass is 15.5. The van der Waals surface area contributed by atoms with Gasteiger partial charge in [0.05, 0.1) is 0 Å². The fourth-order valence-corrected chi connectivity index (χ4v) is 1.69. The zero-order chi connectivity index (χ0) is 13.2. The second kappa shape index (κ2) is 4.76. The minimum atomic E-state index is 0.255. The maximum Gasteiger partial charge on any atom is 0.184 e. The first-order valence-corrected chi connectivity index (χ1v) is 6.08. The molecule has 0 radical (unpaired) electrons. The molecule has 0 aliphatic carbocycles. The zero-order valence-corrected chi connectivity index (χ0v) is 11.1. The standard InChI is InChI=1S/C13H19N5/c1-13(2,3)8-9-18-12(15-16-17-18)10-6-4-5-7-11(10)14/h4-7H,8-9,14H2,1-3H3. The zero-order valence-electron chi connectivity index (χ0n) is 11.1. The van der Waals surface area contributed by atoms with Crippen molar-refractivity contribution in [2.24, 2.45) is 5.41 Å². The molecule has 0 saturated carbocycles. The minimum absolute atomic E-state index is 0.255. The fraction of sp³-hybridized carbons (Fsp3) is 0.462. The van der Waals surface area contributed by atoms with Crippen LogP contribution in [0.4, 0.5) is 5.69 Å². The van der Waals surface area contributed by atoms with Crippen LogP contribution in [0.15, 0.2) is 24.3 Å². The Hall–Kier alpha value is -1.91. The van der Waals surface area contributed by atoms with Gasteiger partial charge in [-0.2, -0.15) is 0 Å². The minimum Gasteiger partial charge on any atom is -0.398 e. The molecule has 0 bridgehead atoms. The van der Waals surface area contributed by atoms with Crippen LogP contribution in [0.5, 0.6) is 0 Å². The van der Waals surface area contributed by atoms with Crippen molar-refractivity contribution in [3.63, 3.8) is 0 Å². The summed E-state index contributed by atoms with van der Waals surface area (Å²) in [6, 6.07) is 7.64. The van der Waals surface area contributed by atoms with Gasteiger partial charge in [0.2, 0.25) is 0 Å². The molecule has 18 heavy (non-hydrogen) atoms. The van der Waals surface area contributed by atoms with Crippen LogP contribution in [0.25, 0.3) is 11.4 Å². The Balaban J connectivity index is 2.26. The van der Waals surface area contributed by atoms with Crippen molar-refractivity contribution in [3.05, 3.63) is 24.3 Å². The van der Waals surface area contributed by atoms with Crippen LogP contribution in [0.2, 0.25) is 0 Å². The Morgan fingerprint density at radius 1 is 1.22 bits per heavy atom. The Morgan fingerprint density at radius 2 is 1.94 bits per heavy atom. The quantitative estimate of drug-likeness (QED) is 0.843. The number of nitrogens with zero attached hydrogens (tertiary/aromatic N) is 4. The van der Waals surface area contributed by atoms with Gasteiger partial charge in [-0.15, -0.1) is 5.10 Å². The number of nitrogen functional groups attached to an aromatic ring is 1. The first-order chi connectivity index (χ1) is 8.47. The molecule has 0 unspecified atom stereocenters. The number of rotatable bonds is 3. The Kier molecular flexibility index (Phi) is 3.32. The molecular weight excluding hydrogens is 226 g/mol. The number of benzene rings is 1. The largest absolute Gasteiger partial charge is 0.398 e. The van der Waals surface area contributed by atoms with Gasteiger partial charge in [0.25, 0.3) is 0 Å². The molecule has 96 valence electrons. The molecule has 0 spiro atoms. The molecule has 1 aromatic carbocycles. The summed E-state index contributed by atoms with van der Waals surface area (Å²) in [5.41, 5.74) is 7.79. The number of anilines is 1. The third-order valence-corrected chi connectivity index (χ3v) is 2.81. The second-order valence-electron chi connectivity index (χ2n) is 5.62. The van der Waals surface area contributed by atoms with E-state index < -0.39 is 0 Å². The van der Waals surface area contributed by atoms with Crippen molar-refractivity contribution >= 4 is 5.69 Å². The van der Waals surface area contributed by atoms with Crippen molar-refractivity contribution in [1.29, 1.82) is 0 Å². The summed E-state index contributed by atoms with van der Waals surface area (Å²) in [6.07, 6.45) is 1.01. The molecule has 0 atom stereocenters. The van der Waals surface area contributed by atoms with E-state index in [0.717, 1.165) is 24.4 Å². The monoisotopic (exact) mass is 245 g/mol. The highest BCUT2D eigenvalue weighted by molar-refractivity contribution is 5.70. The van der Waals surface area contributed by atoms with Crippen molar-refractivity contribution in [2.75, 3.05) is 5.73 Å². The summed E-state index contributed by atoms with van der Waals surface area (Å²) in [6.45, 7) is 7.40. The molecule has 2 aromatic rings. The molecule has 0 fully saturated rings. The average Bonchev–Trinajstić information content (AvgIpc) is 2.74. The fourth-order valence-electron chi connectivity index (χ4n) is 1.69. The summed E-state index contributed by atoms with van der Waals surface area (Å²) < 4.78 is 1.82. The van der Waals surface area contributed by atoms with Crippen LogP contribution < -0.4 is 5.73 Å². The highest BCUT2D eigenvalue weighted by Crippen LogP contribution is 2.24. The van der Waals surface area contributed by atoms with Crippen LogP contribution in [0.1, 0.15) is 27.2 Å². The number of tetrazole rings is 1. The lowest BCUT2D eigenvalue weighted by atomic mass is 9.92. The smallest absolute Gasteiger partial charge is 0.184 e. The predicted molar refractivity (Wildman–Crippen MR) is 71.7 cm³/mol. The number of aryl methyl sites for hydroxylation is 1. The van der Waals surface area contributed by atoms with Gasteiger partial charge in [-0.05, 0) is 34.4 Å². The van der Waals surface area contributed by atoms with Gasteiger partial charge in [0.15, 0.2) is 5.82 Å². The van der Waals surface area contributed by atoms with Crippen LogP contribution >= 0.6 is 0 Å². The summed E-state index contributed by atoms with van der Waals surface area (Å²) in [4.78, 5) is 0. The van der Waals surface area contributed by atoms with Gasteiger partial charge in [-0.25, -0.2) is 4.68 Å². The number of para-hydroxylation sites is 1. The maximum atomic E-state index is 5.95. The van der Waals surface area contributed by atoms with Crippen LogP contribution in [-0.4, -0.2) is 20.2 Å². The third-order valence-electron chi connectivity index (χ3n) is 2.81. The van der Waals surface area contributed by atoms with E-state index in [1.807, 2.05) is 28.9 Å². The van der Waals surface area contributed by atoms with E-state index >= 15 is 0 Å². The van der Waals surface area contributed by atoms with Crippen molar-refractivity contribution in [3.8, 4) is 11.4 Å². The summed E-state index contributed by atoms with van der Waals surface area (Å²) in [5, 5.41) is 11.9. The summed E-state index contributed by atoms with van der Waals surface area (Å²) >= 11 is 0.